The fourth-order valence-electron chi connectivity index (χ4n) is 3.36. The molecule has 0 bridgehead atoms. The van der Waals surface area contributed by atoms with E-state index in [9.17, 15) is 19.6 Å². The Balaban J connectivity index is 1.98. The summed E-state index contributed by atoms with van der Waals surface area (Å²) in [7, 11) is 1.63. The summed E-state index contributed by atoms with van der Waals surface area (Å²) in [5, 5.41) is 9.38. The molecule has 1 saturated heterocycles. The second-order valence-electron chi connectivity index (χ2n) is 7.10. The van der Waals surface area contributed by atoms with Crippen molar-refractivity contribution in [2.45, 2.75) is 27.3 Å². The van der Waals surface area contributed by atoms with E-state index in [4.69, 9.17) is 9.47 Å². The minimum atomic E-state index is -0.838. The average Bonchev–Trinajstić information content (AvgIpc) is 3.00. The van der Waals surface area contributed by atoms with Gasteiger partial charge in [-0.25, -0.2) is 4.79 Å². The number of carbonyl (C=O) groups excluding carboxylic acids is 3. The summed E-state index contributed by atoms with van der Waals surface area (Å²) < 4.78 is 12.2. The van der Waals surface area contributed by atoms with Crippen LogP contribution in [-0.4, -0.2) is 78.7 Å². The van der Waals surface area contributed by atoms with E-state index in [2.05, 4.69) is 0 Å². The minimum absolute atomic E-state index is 0.0288. The van der Waals surface area contributed by atoms with E-state index < -0.39 is 12.6 Å². The Labute approximate surface area is 176 Å². The summed E-state index contributed by atoms with van der Waals surface area (Å²) in [6.45, 7) is 7.81. The van der Waals surface area contributed by atoms with Gasteiger partial charge in [0.1, 0.15) is 11.6 Å². The maximum Gasteiger partial charge on any atom is 0.349 e. The highest BCUT2D eigenvalue weighted by molar-refractivity contribution is 5.99. The molecule has 1 aromatic rings. The molecule has 0 atom stereocenters. The van der Waals surface area contributed by atoms with Crippen molar-refractivity contribution >= 4 is 23.9 Å². The molecule has 162 valence electrons. The Morgan fingerprint density at radius 1 is 1.17 bits per heavy atom. The van der Waals surface area contributed by atoms with Crippen LogP contribution in [0.1, 0.15) is 23.9 Å². The van der Waals surface area contributed by atoms with E-state index in [0.717, 1.165) is 17.0 Å². The molecule has 0 saturated carbocycles. The van der Waals surface area contributed by atoms with E-state index in [1.807, 2.05) is 30.6 Å². The monoisotopic (exact) mass is 416 g/mol. The fourth-order valence-corrected chi connectivity index (χ4v) is 3.36. The Kier molecular flexibility index (Phi) is 8.18. The van der Waals surface area contributed by atoms with Gasteiger partial charge < -0.3 is 23.8 Å². The molecule has 2 heterocycles. The maximum absolute atomic E-state index is 12.3. The van der Waals surface area contributed by atoms with Crippen molar-refractivity contribution < 1.29 is 23.9 Å². The van der Waals surface area contributed by atoms with Gasteiger partial charge >= 0.3 is 5.97 Å². The third kappa shape index (κ3) is 5.70. The first-order chi connectivity index (χ1) is 14.3. The van der Waals surface area contributed by atoms with Crippen LogP contribution in [-0.2, 0) is 30.4 Å². The molecular weight excluding hydrogens is 388 g/mol. The van der Waals surface area contributed by atoms with Crippen LogP contribution in [0.3, 0.4) is 0 Å². The molecule has 1 aromatic heterocycles. The number of nitrogens with zero attached hydrogens (tertiary/aromatic N) is 4. The zero-order valence-corrected chi connectivity index (χ0v) is 17.9. The van der Waals surface area contributed by atoms with Crippen LogP contribution in [0, 0.1) is 25.2 Å². The van der Waals surface area contributed by atoms with E-state index >= 15 is 0 Å². The van der Waals surface area contributed by atoms with E-state index in [1.165, 1.54) is 13.0 Å². The predicted molar refractivity (Wildman–Crippen MR) is 109 cm³/mol. The number of rotatable bonds is 7. The number of aryl methyl sites for hydroxylation is 1. The summed E-state index contributed by atoms with van der Waals surface area (Å²) in [5.41, 5.74) is 2.46. The quantitative estimate of drug-likeness (QED) is 0.371. The Hall–Kier alpha value is -3.12. The molecular formula is C21H28N4O5. The molecule has 0 unspecified atom stereocenters. The first kappa shape index (κ1) is 23.2. The summed E-state index contributed by atoms with van der Waals surface area (Å²) in [6.07, 6.45) is 1.48. The first-order valence-corrected chi connectivity index (χ1v) is 9.76. The third-order valence-corrected chi connectivity index (χ3v) is 5.18. The molecule has 0 spiro atoms. The van der Waals surface area contributed by atoms with Crippen LogP contribution in [0.15, 0.2) is 11.6 Å². The number of esters is 1. The lowest BCUT2D eigenvalue weighted by molar-refractivity contribution is -0.150. The van der Waals surface area contributed by atoms with Gasteiger partial charge in [0.25, 0.3) is 5.91 Å². The number of carbonyl (C=O) groups is 3. The number of nitriles is 1. The molecule has 1 aliphatic heterocycles. The molecule has 0 radical (unpaired) electrons. The molecule has 0 aromatic carbocycles. The van der Waals surface area contributed by atoms with Gasteiger partial charge in [-0.3, -0.25) is 9.59 Å². The summed E-state index contributed by atoms with van der Waals surface area (Å²) >= 11 is 0. The average molecular weight is 416 g/mol. The number of ether oxygens (including phenoxy) is 2. The number of aromatic nitrogens is 1. The smallest absolute Gasteiger partial charge is 0.349 e. The van der Waals surface area contributed by atoms with Gasteiger partial charge in [0, 0.05) is 58.1 Å². The van der Waals surface area contributed by atoms with Crippen LogP contribution in [0.25, 0.3) is 6.08 Å². The van der Waals surface area contributed by atoms with Crippen molar-refractivity contribution in [2.24, 2.45) is 0 Å². The second kappa shape index (κ2) is 10.6. The molecule has 0 aliphatic carbocycles. The zero-order valence-electron chi connectivity index (χ0n) is 17.9. The van der Waals surface area contributed by atoms with Gasteiger partial charge in [-0.15, -0.1) is 0 Å². The summed E-state index contributed by atoms with van der Waals surface area (Å²) in [5.74, 6) is -1.21. The highest BCUT2D eigenvalue weighted by Crippen LogP contribution is 2.18. The molecule has 0 N–H and O–H groups in total. The lowest BCUT2D eigenvalue weighted by atomic mass is 10.1. The predicted octanol–water partition coefficient (Wildman–Crippen LogP) is 0.892. The topological polar surface area (TPSA) is 105 Å². The van der Waals surface area contributed by atoms with Crippen molar-refractivity contribution in [2.75, 3.05) is 46.5 Å². The highest BCUT2D eigenvalue weighted by atomic mass is 16.5. The van der Waals surface area contributed by atoms with Gasteiger partial charge in [0.2, 0.25) is 5.91 Å². The minimum Gasteiger partial charge on any atom is -0.451 e. The lowest BCUT2D eigenvalue weighted by Crippen LogP contribution is -2.51. The Morgan fingerprint density at radius 2 is 1.80 bits per heavy atom. The largest absolute Gasteiger partial charge is 0.451 e. The van der Waals surface area contributed by atoms with Gasteiger partial charge in [-0.1, -0.05) is 0 Å². The molecule has 9 heteroatoms. The normalized spacial score (nSPS) is 14.4. The number of amides is 2. The molecule has 9 nitrogen and oxygen atoms in total. The zero-order chi connectivity index (χ0) is 22.3. The molecule has 2 rings (SSSR count). The Bertz CT molecular complexity index is 873. The van der Waals surface area contributed by atoms with Crippen molar-refractivity contribution in [3.8, 4) is 6.07 Å². The van der Waals surface area contributed by atoms with Gasteiger partial charge in [-0.05, 0) is 31.6 Å². The van der Waals surface area contributed by atoms with E-state index in [0.29, 0.717) is 39.3 Å². The van der Waals surface area contributed by atoms with Crippen LogP contribution in [0.4, 0.5) is 0 Å². The molecule has 2 amide bonds. The first-order valence-electron chi connectivity index (χ1n) is 9.76. The van der Waals surface area contributed by atoms with E-state index in [1.54, 1.807) is 16.9 Å². The number of hydrogen-bond acceptors (Lipinski definition) is 6. The third-order valence-electron chi connectivity index (χ3n) is 5.18. The summed E-state index contributed by atoms with van der Waals surface area (Å²) in [6, 6.07) is 3.74. The van der Waals surface area contributed by atoms with Crippen molar-refractivity contribution in [3.05, 3.63) is 28.6 Å². The molecule has 1 aliphatic rings. The van der Waals surface area contributed by atoms with Crippen LogP contribution in [0.5, 0.6) is 0 Å². The van der Waals surface area contributed by atoms with Crippen LogP contribution < -0.4 is 0 Å². The van der Waals surface area contributed by atoms with Crippen molar-refractivity contribution in [3.63, 3.8) is 0 Å². The number of piperazine rings is 1. The van der Waals surface area contributed by atoms with Crippen LogP contribution in [0.2, 0.25) is 0 Å². The van der Waals surface area contributed by atoms with Crippen LogP contribution >= 0.6 is 0 Å². The number of methoxy groups -OCH3 is 1. The number of hydrogen-bond donors (Lipinski definition) is 0. The molecule has 30 heavy (non-hydrogen) atoms. The maximum atomic E-state index is 12.3. The van der Waals surface area contributed by atoms with E-state index in [-0.39, 0.29) is 17.4 Å². The van der Waals surface area contributed by atoms with Crippen molar-refractivity contribution in [1.29, 1.82) is 5.26 Å². The van der Waals surface area contributed by atoms with Crippen molar-refractivity contribution in [1.82, 2.24) is 14.4 Å². The summed E-state index contributed by atoms with van der Waals surface area (Å²) in [4.78, 5) is 39.2. The fraction of sp³-hybridized carbons (Fsp3) is 0.524. The highest BCUT2D eigenvalue weighted by Gasteiger charge is 2.23. The lowest BCUT2D eigenvalue weighted by Gasteiger charge is -2.34. The SMILES string of the molecule is COCCn1c(C)cc(/C=C(\C#N)C(=O)OCC(=O)N2CCN(C(C)=O)CC2)c1C. The van der Waals surface area contributed by atoms with Gasteiger partial charge in [0.05, 0.1) is 6.61 Å². The van der Waals surface area contributed by atoms with Gasteiger partial charge in [-0.2, -0.15) is 5.26 Å². The standard InChI is InChI=1S/C21H28N4O5/c1-15-11-18(16(2)25(15)9-10-29-4)12-19(13-22)21(28)30-14-20(27)24-7-5-23(6-8-24)17(3)26/h11-12H,5-10,14H2,1-4H3/b19-12+. The molecule has 1 fully saturated rings. The second-order valence-corrected chi connectivity index (χ2v) is 7.10. The van der Waals surface area contributed by atoms with Gasteiger partial charge in [0.15, 0.2) is 6.61 Å². The Morgan fingerprint density at radius 3 is 2.37 bits per heavy atom.